The van der Waals surface area contributed by atoms with Gasteiger partial charge in [0.2, 0.25) is 0 Å². The normalized spacial score (nSPS) is 32.6. The van der Waals surface area contributed by atoms with Crippen molar-refractivity contribution in [2.75, 3.05) is 6.61 Å². The molecule has 2 aliphatic heterocycles. The zero-order valence-electron chi connectivity index (χ0n) is 17.0. The van der Waals surface area contributed by atoms with Crippen molar-refractivity contribution in [1.29, 1.82) is 0 Å². The Balaban J connectivity index is 0.00000126. The predicted octanol–water partition coefficient (Wildman–Crippen LogP) is 4.55. The molecule has 0 aromatic heterocycles. The molecule has 0 amide bonds. The van der Waals surface area contributed by atoms with E-state index in [0.717, 1.165) is 51.4 Å². The van der Waals surface area contributed by atoms with Crippen LogP contribution in [0.25, 0.3) is 0 Å². The Bertz CT molecular complexity index is 482. The lowest BCUT2D eigenvalue weighted by Crippen LogP contribution is -2.44. The Morgan fingerprint density at radius 3 is 2.22 bits per heavy atom. The highest BCUT2D eigenvalue weighted by Crippen LogP contribution is 2.43. The number of ether oxygens (including phenoxy) is 4. The Hall–Kier alpha value is -1.00. The molecule has 0 N–H and O–H groups in total. The van der Waals surface area contributed by atoms with E-state index in [0.29, 0.717) is 6.61 Å². The molecule has 2 saturated heterocycles. The largest absolute Gasteiger partial charge is 0.347 e. The second-order valence-electron chi connectivity index (χ2n) is 7.85. The predicted molar refractivity (Wildman–Crippen MR) is 104 cm³/mol. The monoisotopic (exact) mass is 381 g/mol. The van der Waals surface area contributed by atoms with Gasteiger partial charge in [0.1, 0.15) is 18.2 Å². The minimum atomic E-state index is -0.591. The van der Waals surface area contributed by atoms with Gasteiger partial charge in [-0.05, 0) is 19.8 Å². The first-order chi connectivity index (χ1) is 13.1. The van der Waals surface area contributed by atoms with Crippen LogP contribution in [0.2, 0.25) is 0 Å². The third-order valence-corrected chi connectivity index (χ3v) is 5.81. The fraction of sp³-hybridized carbons (Fsp3) is 0.905. The molecule has 1 spiro atoms. The molecule has 0 radical (unpaired) electrons. The van der Waals surface area contributed by atoms with E-state index in [-0.39, 0.29) is 18.3 Å². The second kappa shape index (κ2) is 9.97. The van der Waals surface area contributed by atoms with Crippen LogP contribution in [0.15, 0.2) is 5.18 Å². The molecule has 6 heteroatoms. The smallest absolute Gasteiger partial charge is 0.169 e. The van der Waals surface area contributed by atoms with Crippen LogP contribution in [0.4, 0.5) is 0 Å². The zero-order chi connectivity index (χ0) is 19.9. The molecule has 0 aromatic carbocycles. The number of nitroso groups, excluding NO2 is 1. The first-order valence-corrected chi connectivity index (χ1v) is 10.4. The molecule has 4 atom stereocenters. The van der Waals surface area contributed by atoms with Crippen LogP contribution in [0.3, 0.4) is 0 Å². The van der Waals surface area contributed by atoms with E-state index in [4.69, 9.17) is 18.9 Å². The van der Waals surface area contributed by atoms with Crippen LogP contribution in [-0.2, 0) is 18.9 Å². The maximum atomic E-state index is 11.7. The summed E-state index contributed by atoms with van der Waals surface area (Å²) in [5.74, 6) is -1.09. The average Bonchev–Trinajstić information content (AvgIpc) is 3.21. The van der Waals surface area contributed by atoms with E-state index >= 15 is 0 Å². The minimum absolute atomic E-state index is 0.174. The lowest BCUT2D eigenvalue weighted by Gasteiger charge is -2.33. The summed E-state index contributed by atoms with van der Waals surface area (Å²) < 4.78 is 24.8. The van der Waals surface area contributed by atoms with E-state index in [1.165, 1.54) is 6.42 Å². The maximum absolute atomic E-state index is 11.7. The first-order valence-electron chi connectivity index (χ1n) is 10.4. The number of nitrogens with zero attached hydrogens (tertiary/aromatic N) is 1. The summed E-state index contributed by atoms with van der Waals surface area (Å²) in [5.41, 5.74) is 0. The van der Waals surface area contributed by atoms with Gasteiger partial charge in [-0.1, -0.05) is 38.3 Å². The van der Waals surface area contributed by atoms with Gasteiger partial charge in [-0.3, -0.25) is 0 Å². The summed E-state index contributed by atoms with van der Waals surface area (Å²) in [4.78, 5) is 11.7. The molecule has 0 unspecified atom stereocenters. The lowest BCUT2D eigenvalue weighted by molar-refractivity contribution is -0.199. The third-order valence-electron chi connectivity index (χ3n) is 5.81. The second-order valence-corrected chi connectivity index (χ2v) is 7.85. The quantitative estimate of drug-likeness (QED) is 0.478. The molecular weight excluding hydrogens is 346 g/mol. The van der Waals surface area contributed by atoms with Crippen molar-refractivity contribution in [2.24, 2.45) is 5.18 Å². The lowest BCUT2D eigenvalue weighted by atomic mass is 9.94. The number of terminal acetylenes is 1. The van der Waals surface area contributed by atoms with Crippen molar-refractivity contribution in [2.45, 2.75) is 114 Å². The van der Waals surface area contributed by atoms with Crippen LogP contribution < -0.4 is 0 Å². The van der Waals surface area contributed by atoms with Crippen molar-refractivity contribution in [1.82, 2.24) is 0 Å². The van der Waals surface area contributed by atoms with E-state index in [2.05, 4.69) is 31.9 Å². The number of hydrogen-bond donors (Lipinski definition) is 0. The van der Waals surface area contributed by atoms with Gasteiger partial charge in [0.15, 0.2) is 11.6 Å². The Morgan fingerprint density at radius 2 is 1.67 bits per heavy atom. The van der Waals surface area contributed by atoms with Crippen LogP contribution >= 0.6 is 0 Å². The van der Waals surface area contributed by atoms with Crippen LogP contribution in [0.1, 0.15) is 78.6 Å². The molecule has 3 fully saturated rings. The molecule has 6 nitrogen and oxygen atoms in total. The van der Waals surface area contributed by atoms with Crippen LogP contribution in [-0.4, -0.2) is 42.5 Å². The standard InChI is InChI=1S/C19H33NO5.C2H2/c1-4-9-19(10-5-2)23-14(3)17(25-19)16(20-21)15-13-22-18(24-15)11-7-6-8-12-18;1-2/h14-17H,4-13H2,1-3H3;1-2H/t14-,15-,16+,17-;/m0./s1. The van der Waals surface area contributed by atoms with Crippen LogP contribution in [0.5, 0.6) is 0 Å². The highest BCUT2D eigenvalue weighted by molar-refractivity contribution is 4.97. The average molecular weight is 382 g/mol. The molecule has 0 aromatic rings. The van der Waals surface area contributed by atoms with Crippen molar-refractivity contribution in [3.8, 4) is 12.8 Å². The summed E-state index contributed by atoms with van der Waals surface area (Å²) in [5, 5.41) is 3.41. The molecule has 3 rings (SSSR count). The van der Waals surface area contributed by atoms with Gasteiger partial charge in [0.05, 0.1) is 12.7 Å². The summed E-state index contributed by atoms with van der Waals surface area (Å²) in [6, 6.07) is -0.591. The summed E-state index contributed by atoms with van der Waals surface area (Å²) in [6.45, 7) is 6.64. The Morgan fingerprint density at radius 1 is 1.04 bits per heavy atom. The summed E-state index contributed by atoms with van der Waals surface area (Å²) in [6.07, 6.45) is 16.0. The van der Waals surface area contributed by atoms with Crippen molar-refractivity contribution < 1.29 is 18.9 Å². The van der Waals surface area contributed by atoms with Gasteiger partial charge < -0.3 is 18.9 Å². The SMILES string of the molecule is C#C.CCCC1(CCC)O[C@H]([C@H](N=O)[C@@H]2COC3(CCCCC3)O2)[C@H](C)O1. The van der Waals surface area contributed by atoms with Crippen LogP contribution in [0, 0.1) is 17.8 Å². The van der Waals surface area contributed by atoms with Gasteiger partial charge >= 0.3 is 0 Å². The molecule has 2 heterocycles. The molecule has 154 valence electrons. The van der Waals surface area contributed by atoms with Crippen molar-refractivity contribution >= 4 is 0 Å². The van der Waals surface area contributed by atoms with Gasteiger partial charge in [-0.15, -0.1) is 12.8 Å². The molecule has 1 aliphatic carbocycles. The van der Waals surface area contributed by atoms with E-state index in [9.17, 15) is 4.91 Å². The van der Waals surface area contributed by atoms with E-state index in [1.807, 2.05) is 6.92 Å². The fourth-order valence-electron chi connectivity index (χ4n) is 4.69. The highest BCUT2D eigenvalue weighted by Gasteiger charge is 2.53. The number of rotatable bonds is 7. The Kier molecular flexibility index (Phi) is 8.23. The number of hydrogen-bond acceptors (Lipinski definition) is 6. The summed E-state index contributed by atoms with van der Waals surface area (Å²) in [7, 11) is 0. The zero-order valence-corrected chi connectivity index (χ0v) is 17.0. The summed E-state index contributed by atoms with van der Waals surface area (Å²) >= 11 is 0. The molecule has 27 heavy (non-hydrogen) atoms. The minimum Gasteiger partial charge on any atom is -0.347 e. The first kappa shape index (κ1) is 22.3. The van der Waals surface area contributed by atoms with Crippen molar-refractivity contribution in [3.05, 3.63) is 4.91 Å². The van der Waals surface area contributed by atoms with Crippen molar-refractivity contribution in [3.63, 3.8) is 0 Å². The topological polar surface area (TPSA) is 66.4 Å². The molecular formula is C21H35NO5. The van der Waals surface area contributed by atoms with Gasteiger partial charge in [-0.25, -0.2) is 0 Å². The van der Waals surface area contributed by atoms with E-state index < -0.39 is 17.6 Å². The maximum Gasteiger partial charge on any atom is 0.169 e. The van der Waals surface area contributed by atoms with E-state index in [1.54, 1.807) is 0 Å². The highest BCUT2D eigenvalue weighted by atomic mass is 16.8. The molecule has 0 bridgehead atoms. The molecule has 1 saturated carbocycles. The molecule has 3 aliphatic rings. The third kappa shape index (κ3) is 4.89. The Labute approximate surface area is 163 Å². The van der Waals surface area contributed by atoms with Gasteiger partial charge in [0.25, 0.3) is 0 Å². The van der Waals surface area contributed by atoms with Gasteiger partial charge in [0, 0.05) is 25.7 Å². The fourth-order valence-corrected chi connectivity index (χ4v) is 4.69. The van der Waals surface area contributed by atoms with Gasteiger partial charge in [-0.2, -0.15) is 4.91 Å².